The molecule has 1 heterocycles. The molecule has 1 aliphatic rings. The fourth-order valence-corrected chi connectivity index (χ4v) is 3.85. The molecule has 0 spiro atoms. The number of hydrogen-bond donors (Lipinski definition) is 3. The average molecular weight is 364 g/mol. The maximum Gasteiger partial charge on any atom is 0.324 e. The van der Waals surface area contributed by atoms with Gasteiger partial charge in [0.05, 0.1) is 13.0 Å². The molecule has 1 saturated heterocycles. The highest BCUT2D eigenvalue weighted by atomic mass is 16.5. The number of carbonyl (C=O) groups excluding carboxylic acids is 1. The normalized spacial score (nSPS) is 25.8. The van der Waals surface area contributed by atoms with Crippen LogP contribution in [0.4, 0.5) is 0 Å². The van der Waals surface area contributed by atoms with Gasteiger partial charge in [0, 0.05) is 19.2 Å². The number of aliphatic carboxylic acids is 1. The zero-order valence-corrected chi connectivity index (χ0v) is 15.6. The zero-order chi connectivity index (χ0) is 19.3. The number of rotatable bonds is 8. The molecule has 2 rings (SSSR count). The molecule has 2 unspecified atom stereocenters. The van der Waals surface area contributed by atoms with Gasteiger partial charge in [0.1, 0.15) is 11.3 Å². The first-order chi connectivity index (χ1) is 12.4. The van der Waals surface area contributed by atoms with Crippen molar-refractivity contribution < 1.29 is 24.5 Å². The molecule has 0 aliphatic carbocycles. The third kappa shape index (κ3) is 3.68. The van der Waals surface area contributed by atoms with E-state index in [1.807, 2.05) is 36.1 Å². The smallest absolute Gasteiger partial charge is 0.324 e. The number of benzene rings is 1. The number of amides is 1. The molecule has 1 aromatic carbocycles. The van der Waals surface area contributed by atoms with E-state index in [2.05, 4.69) is 5.32 Å². The number of likely N-dealkylation sites (tertiary alicyclic amines) is 1. The zero-order valence-electron chi connectivity index (χ0n) is 15.6. The maximum absolute atomic E-state index is 12.8. The highest BCUT2D eigenvalue weighted by Crippen LogP contribution is 2.47. The van der Waals surface area contributed by atoms with E-state index in [-0.39, 0.29) is 25.0 Å². The lowest BCUT2D eigenvalue weighted by Crippen LogP contribution is -2.48. The van der Waals surface area contributed by atoms with Crippen LogP contribution in [0.1, 0.15) is 37.8 Å². The van der Waals surface area contributed by atoms with Crippen molar-refractivity contribution in [3.8, 4) is 5.75 Å². The van der Waals surface area contributed by atoms with Gasteiger partial charge >= 0.3 is 5.97 Å². The van der Waals surface area contributed by atoms with E-state index in [1.165, 1.54) is 0 Å². The Morgan fingerprint density at radius 1 is 1.35 bits per heavy atom. The first kappa shape index (κ1) is 20.2. The van der Waals surface area contributed by atoms with Crippen molar-refractivity contribution in [2.24, 2.45) is 5.92 Å². The lowest BCUT2D eigenvalue weighted by molar-refractivity contribution is -0.150. The van der Waals surface area contributed by atoms with Crippen LogP contribution in [0.2, 0.25) is 0 Å². The predicted molar refractivity (Wildman–Crippen MR) is 97.0 cm³/mol. The summed E-state index contributed by atoms with van der Waals surface area (Å²) < 4.78 is 5.19. The Labute approximate surface area is 154 Å². The van der Waals surface area contributed by atoms with E-state index in [0.717, 1.165) is 5.56 Å². The number of nitrogens with one attached hydrogen (secondary N) is 1. The molecule has 3 N–H and O–H groups in total. The van der Waals surface area contributed by atoms with E-state index >= 15 is 0 Å². The molecule has 1 fully saturated rings. The van der Waals surface area contributed by atoms with Crippen LogP contribution in [0.3, 0.4) is 0 Å². The largest absolute Gasteiger partial charge is 0.497 e. The lowest BCUT2D eigenvalue weighted by atomic mass is 9.87. The van der Waals surface area contributed by atoms with Gasteiger partial charge < -0.3 is 20.3 Å². The molecule has 144 valence electrons. The Kier molecular flexibility index (Phi) is 6.61. The molecule has 0 saturated carbocycles. The van der Waals surface area contributed by atoms with E-state index in [4.69, 9.17) is 9.84 Å². The highest BCUT2D eigenvalue weighted by molar-refractivity contribution is 5.85. The van der Waals surface area contributed by atoms with Crippen LogP contribution in [0, 0.1) is 5.92 Å². The fraction of sp³-hybridized carbons (Fsp3) is 0.579. The fourth-order valence-electron chi connectivity index (χ4n) is 3.85. The molecular weight excluding hydrogens is 336 g/mol. The number of nitrogens with zero attached hydrogens (tertiary/aromatic N) is 1. The van der Waals surface area contributed by atoms with Crippen LogP contribution in [-0.2, 0) is 9.59 Å². The monoisotopic (exact) mass is 364 g/mol. The summed E-state index contributed by atoms with van der Waals surface area (Å²) in [5, 5.41) is 21.6. The second-order valence-corrected chi connectivity index (χ2v) is 6.70. The molecule has 0 bridgehead atoms. The van der Waals surface area contributed by atoms with E-state index in [1.54, 1.807) is 14.2 Å². The summed E-state index contributed by atoms with van der Waals surface area (Å²) in [4.78, 5) is 26.6. The van der Waals surface area contributed by atoms with E-state index in [0.29, 0.717) is 25.1 Å². The van der Waals surface area contributed by atoms with Crippen molar-refractivity contribution in [2.45, 2.75) is 37.8 Å². The lowest BCUT2D eigenvalue weighted by Gasteiger charge is -2.34. The summed E-state index contributed by atoms with van der Waals surface area (Å²) in [5.74, 6) is -0.865. The summed E-state index contributed by atoms with van der Waals surface area (Å²) in [6, 6.07) is 7.04. The van der Waals surface area contributed by atoms with Crippen molar-refractivity contribution >= 4 is 11.9 Å². The van der Waals surface area contributed by atoms with Crippen LogP contribution in [0.5, 0.6) is 5.75 Å². The first-order valence-electron chi connectivity index (χ1n) is 8.90. The molecule has 7 nitrogen and oxygen atoms in total. The summed E-state index contributed by atoms with van der Waals surface area (Å²) >= 11 is 0. The Hall–Kier alpha value is -2.12. The SMILES string of the molecule is CC[C@@]1(C(=O)O)CC(C(=O)NCCCO)C(c2ccc(OC)cc2)N1C. The molecule has 7 heteroatoms. The Bertz CT molecular complexity index is 633. The van der Waals surface area contributed by atoms with Gasteiger partial charge in [0.2, 0.25) is 5.91 Å². The quantitative estimate of drug-likeness (QED) is 0.604. The second-order valence-electron chi connectivity index (χ2n) is 6.70. The minimum absolute atomic E-state index is 0.000775. The van der Waals surface area contributed by atoms with E-state index in [9.17, 15) is 14.7 Å². The van der Waals surface area contributed by atoms with Crippen LogP contribution >= 0.6 is 0 Å². The number of aliphatic hydroxyl groups excluding tert-OH is 1. The number of carboxylic acid groups (broad SMARTS) is 1. The molecule has 1 amide bonds. The molecule has 0 aromatic heterocycles. The minimum Gasteiger partial charge on any atom is -0.497 e. The predicted octanol–water partition coefficient (Wildman–Crippen LogP) is 1.42. The average Bonchev–Trinajstić information content (AvgIpc) is 2.95. The van der Waals surface area contributed by atoms with Gasteiger partial charge in [0.25, 0.3) is 0 Å². The number of aliphatic hydroxyl groups is 1. The highest BCUT2D eigenvalue weighted by Gasteiger charge is 2.56. The van der Waals surface area contributed by atoms with Crippen molar-refractivity contribution in [3.63, 3.8) is 0 Å². The number of hydrogen-bond acceptors (Lipinski definition) is 5. The summed E-state index contributed by atoms with van der Waals surface area (Å²) in [6.07, 6.45) is 1.13. The van der Waals surface area contributed by atoms with Gasteiger partial charge in [-0.25, -0.2) is 0 Å². The first-order valence-corrected chi connectivity index (χ1v) is 8.90. The van der Waals surface area contributed by atoms with Gasteiger partial charge in [-0.15, -0.1) is 0 Å². The molecule has 0 radical (unpaired) electrons. The number of methoxy groups -OCH3 is 1. The molecule has 1 aromatic rings. The Balaban J connectivity index is 2.37. The molecule has 26 heavy (non-hydrogen) atoms. The van der Waals surface area contributed by atoms with Crippen LogP contribution in [0.15, 0.2) is 24.3 Å². The topological polar surface area (TPSA) is 99.1 Å². The summed E-state index contributed by atoms with van der Waals surface area (Å²) in [7, 11) is 3.36. The van der Waals surface area contributed by atoms with Crippen LogP contribution in [-0.4, -0.2) is 59.8 Å². The van der Waals surface area contributed by atoms with Crippen molar-refractivity contribution in [2.75, 3.05) is 27.3 Å². The summed E-state index contributed by atoms with van der Waals surface area (Å²) in [5.41, 5.74) is -0.198. The molecular formula is C19H28N2O5. The van der Waals surface area contributed by atoms with E-state index < -0.39 is 17.4 Å². The van der Waals surface area contributed by atoms with Crippen molar-refractivity contribution in [1.82, 2.24) is 10.2 Å². The maximum atomic E-state index is 12.8. The van der Waals surface area contributed by atoms with Crippen molar-refractivity contribution in [3.05, 3.63) is 29.8 Å². The Morgan fingerprint density at radius 2 is 2.00 bits per heavy atom. The number of carboxylic acids is 1. The van der Waals surface area contributed by atoms with Gasteiger partial charge in [-0.2, -0.15) is 0 Å². The third-order valence-corrected chi connectivity index (χ3v) is 5.44. The van der Waals surface area contributed by atoms with Crippen LogP contribution in [0.25, 0.3) is 0 Å². The third-order valence-electron chi connectivity index (χ3n) is 5.44. The summed E-state index contributed by atoms with van der Waals surface area (Å²) in [6.45, 7) is 2.21. The molecule has 3 atom stereocenters. The number of likely N-dealkylation sites (N-methyl/N-ethyl adjacent to an activating group) is 1. The molecule has 1 aliphatic heterocycles. The van der Waals surface area contributed by atoms with Gasteiger partial charge in [0.15, 0.2) is 0 Å². The minimum atomic E-state index is -1.08. The Morgan fingerprint density at radius 3 is 2.50 bits per heavy atom. The second kappa shape index (κ2) is 8.51. The number of ether oxygens (including phenoxy) is 1. The number of carbonyl (C=O) groups is 2. The standard InChI is InChI=1S/C19H28N2O5/c1-4-19(18(24)25)12-15(17(23)20-10-5-11-22)16(21(19)2)13-6-8-14(26-3)9-7-13/h6-9,15-16,22H,4-5,10-12H2,1-3H3,(H,20,23)(H,24,25)/t15?,16?,19-/m0/s1. The van der Waals surface area contributed by atoms with Gasteiger partial charge in [-0.05, 0) is 44.0 Å². The van der Waals surface area contributed by atoms with Gasteiger partial charge in [-0.3, -0.25) is 14.5 Å². The van der Waals surface area contributed by atoms with Crippen LogP contribution < -0.4 is 10.1 Å². The van der Waals surface area contributed by atoms with Gasteiger partial charge in [-0.1, -0.05) is 19.1 Å². The van der Waals surface area contributed by atoms with Crippen molar-refractivity contribution in [1.29, 1.82) is 0 Å².